The van der Waals surface area contributed by atoms with Crippen molar-refractivity contribution < 1.29 is 14.5 Å². The first-order valence-corrected chi connectivity index (χ1v) is 8.91. The predicted octanol–water partition coefficient (Wildman–Crippen LogP) is 4.38. The third kappa shape index (κ3) is 3.29. The van der Waals surface area contributed by atoms with E-state index in [1.165, 1.54) is 18.3 Å². The van der Waals surface area contributed by atoms with Crippen molar-refractivity contribution in [3.05, 3.63) is 88.1 Å². The second-order valence-electron chi connectivity index (χ2n) is 6.38. The maximum Gasteiger partial charge on any atom is 0.331 e. The monoisotopic (exact) mass is 375 g/mol. The summed E-state index contributed by atoms with van der Waals surface area (Å²) in [5.74, 6) is 0.148. The number of carbonyl (C=O) groups is 1. The Kier molecular flexibility index (Phi) is 4.72. The number of carbonyl (C=O) groups excluding carboxylic acids is 1. The van der Waals surface area contributed by atoms with Crippen LogP contribution in [0.3, 0.4) is 0 Å². The average molecular weight is 375 g/mol. The van der Waals surface area contributed by atoms with Crippen LogP contribution in [0, 0.1) is 10.1 Å². The van der Waals surface area contributed by atoms with Crippen molar-refractivity contribution >= 4 is 17.3 Å². The third-order valence-electron chi connectivity index (χ3n) is 4.60. The van der Waals surface area contributed by atoms with Gasteiger partial charge in [-0.2, -0.15) is 0 Å². The first kappa shape index (κ1) is 17.7. The van der Waals surface area contributed by atoms with Crippen LogP contribution in [-0.2, 0) is 6.42 Å². The van der Waals surface area contributed by atoms with E-state index in [1.807, 2.05) is 30.3 Å². The Morgan fingerprint density at radius 2 is 1.89 bits per heavy atom. The minimum Gasteiger partial charge on any atom is -0.431 e. The molecule has 0 saturated carbocycles. The van der Waals surface area contributed by atoms with Gasteiger partial charge in [-0.3, -0.25) is 14.9 Å². The van der Waals surface area contributed by atoms with E-state index in [9.17, 15) is 14.9 Å². The van der Waals surface area contributed by atoms with Crippen LogP contribution in [-0.4, -0.2) is 22.4 Å². The molecule has 1 aromatic heterocycles. The van der Waals surface area contributed by atoms with Crippen molar-refractivity contribution in [3.63, 3.8) is 0 Å². The van der Waals surface area contributed by atoms with E-state index >= 15 is 0 Å². The number of hydrogen-bond donors (Lipinski definition) is 0. The van der Waals surface area contributed by atoms with Crippen molar-refractivity contribution in [1.29, 1.82) is 0 Å². The third-order valence-corrected chi connectivity index (χ3v) is 4.60. The van der Waals surface area contributed by atoms with Crippen LogP contribution in [0.4, 0.5) is 11.4 Å². The van der Waals surface area contributed by atoms with Crippen LogP contribution in [0.15, 0.2) is 66.9 Å². The highest BCUT2D eigenvalue weighted by atomic mass is 16.6. The van der Waals surface area contributed by atoms with Gasteiger partial charge in [-0.1, -0.05) is 30.3 Å². The van der Waals surface area contributed by atoms with Gasteiger partial charge in [0, 0.05) is 24.4 Å². The number of hydrogen-bond acceptors (Lipinski definition) is 5. The number of anilines is 1. The molecule has 0 spiro atoms. The van der Waals surface area contributed by atoms with Gasteiger partial charge in [0.25, 0.3) is 11.8 Å². The number of rotatable bonds is 4. The summed E-state index contributed by atoms with van der Waals surface area (Å²) in [7, 11) is 0. The van der Waals surface area contributed by atoms with Gasteiger partial charge in [-0.15, -0.1) is 0 Å². The van der Waals surface area contributed by atoms with E-state index in [0.717, 1.165) is 18.4 Å². The van der Waals surface area contributed by atoms with Gasteiger partial charge in [0.15, 0.2) is 5.75 Å². The SMILES string of the molecule is O=C(c1ccccc1)N1CCCc2cccc(Oc3ncccc3[N+](=O)[O-])c21. The first-order valence-electron chi connectivity index (χ1n) is 8.91. The summed E-state index contributed by atoms with van der Waals surface area (Å²) in [6.07, 6.45) is 3.07. The molecule has 0 aliphatic carbocycles. The molecule has 4 rings (SSSR count). The summed E-state index contributed by atoms with van der Waals surface area (Å²) >= 11 is 0. The minimum absolute atomic E-state index is 0.0985. The van der Waals surface area contributed by atoms with Gasteiger partial charge in [0.2, 0.25) is 0 Å². The normalized spacial score (nSPS) is 12.9. The standard InChI is InChI=1S/C21H17N3O4/c25-21(16-7-2-1-3-8-16)23-14-6-10-15-9-4-12-18(19(15)23)28-20-17(24(26)27)11-5-13-22-20/h1-5,7-9,11-13H,6,10,14H2. The molecular weight excluding hydrogens is 358 g/mol. The highest BCUT2D eigenvalue weighted by Gasteiger charge is 2.28. The molecule has 7 heteroatoms. The van der Waals surface area contributed by atoms with Crippen LogP contribution >= 0.6 is 0 Å². The van der Waals surface area contributed by atoms with Gasteiger partial charge in [-0.05, 0) is 42.7 Å². The fourth-order valence-electron chi connectivity index (χ4n) is 3.34. The molecule has 140 valence electrons. The minimum atomic E-state index is -0.537. The number of pyridine rings is 1. The van der Waals surface area contributed by atoms with E-state index in [4.69, 9.17) is 4.74 Å². The smallest absolute Gasteiger partial charge is 0.331 e. The van der Waals surface area contributed by atoms with Crippen LogP contribution in [0.2, 0.25) is 0 Å². The van der Waals surface area contributed by atoms with Crippen molar-refractivity contribution in [1.82, 2.24) is 4.98 Å². The molecule has 2 aromatic carbocycles. The second kappa shape index (κ2) is 7.48. The molecule has 0 radical (unpaired) electrons. The number of ether oxygens (including phenoxy) is 1. The molecule has 7 nitrogen and oxygen atoms in total. The van der Waals surface area contributed by atoms with E-state index in [2.05, 4.69) is 4.98 Å². The van der Waals surface area contributed by atoms with Crippen LogP contribution in [0.25, 0.3) is 0 Å². The lowest BCUT2D eigenvalue weighted by molar-refractivity contribution is -0.386. The molecule has 3 aromatic rings. The number of aryl methyl sites for hydroxylation is 1. The molecular formula is C21H17N3O4. The Bertz CT molecular complexity index is 1040. The van der Waals surface area contributed by atoms with Crippen LogP contribution in [0.5, 0.6) is 11.6 Å². The van der Waals surface area contributed by atoms with Crippen molar-refractivity contribution in [2.75, 3.05) is 11.4 Å². The molecule has 1 aliphatic heterocycles. The molecule has 1 amide bonds. The molecule has 0 bridgehead atoms. The lowest BCUT2D eigenvalue weighted by Crippen LogP contribution is -2.35. The van der Waals surface area contributed by atoms with Gasteiger partial charge in [0.1, 0.15) is 0 Å². The maximum atomic E-state index is 13.1. The van der Waals surface area contributed by atoms with Crippen molar-refractivity contribution in [3.8, 4) is 11.6 Å². The molecule has 28 heavy (non-hydrogen) atoms. The lowest BCUT2D eigenvalue weighted by atomic mass is 10.00. The Hall–Kier alpha value is -3.74. The lowest BCUT2D eigenvalue weighted by Gasteiger charge is -2.31. The fourth-order valence-corrected chi connectivity index (χ4v) is 3.34. The Morgan fingerprint density at radius 3 is 2.68 bits per heavy atom. The summed E-state index contributed by atoms with van der Waals surface area (Å²) in [4.78, 5) is 29.5. The Labute approximate surface area is 161 Å². The van der Waals surface area contributed by atoms with E-state index in [0.29, 0.717) is 23.5 Å². The zero-order valence-corrected chi connectivity index (χ0v) is 14.9. The summed E-state index contributed by atoms with van der Waals surface area (Å²) in [6.45, 7) is 0.547. The van der Waals surface area contributed by atoms with Crippen LogP contribution < -0.4 is 9.64 Å². The summed E-state index contributed by atoms with van der Waals surface area (Å²) in [6, 6.07) is 17.3. The van der Waals surface area contributed by atoms with E-state index in [-0.39, 0.29) is 17.5 Å². The van der Waals surface area contributed by atoms with Gasteiger partial charge < -0.3 is 9.64 Å². The van der Waals surface area contributed by atoms with E-state index < -0.39 is 4.92 Å². The zero-order valence-electron chi connectivity index (χ0n) is 14.9. The van der Waals surface area contributed by atoms with Gasteiger partial charge in [-0.25, -0.2) is 4.98 Å². The summed E-state index contributed by atoms with van der Waals surface area (Å²) in [5, 5.41) is 11.3. The Balaban J connectivity index is 1.76. The average Bonchev–Trinajstić information content (AvgIpc) is 2.74. The molecule has 2 heterocycles. The van der Waals surface area contributed by atoms with Crippen LogP contribution in [0.1, 0.15) is 22.3 Å². The number of aromatic nitrogens is 1. The predicted molar refractivity (Wildman–Crippen MR) is 104 cm³/mol. The first-order chi connectivity index (χ1) is 13.6. The summed E-state index contributed by atoms with van der Waals surface area (Å²) in [5.41, 5.74) is 1.96. The Morgan fingerprint density at radius 1 is 1.07 bits per heavy atom. The molecule has 0 N–H and O–H groups in total. The quantitative estimate of drug-likeness (QED) is 0.499. The van der Waals surface area contributed by atoms with Crippen molar-refractivity contribution in [2.24, 2.45) is 0 Å². The van der Waals surface area contributed by atoms with E-state index in [1.54, 1.807) is 23.1 Å². The largest absolute Gasteiger partial charge is 0.431 e. The number of para-hydroxylation sites is 1. The van der Waals surface area contributed by atoms with Crippen molar-refractivity contribution in [2.45, 2.75) is 12.8 Å². The highest BCUT2D eigenvalue weighted by Crippen LogP contribution is 2.40. The topological polar surface area (TPSA) is 85.6 Å². The fraction of sp³-hybridized carbons (Fsp3) is 0.143. The highest BCUT2D eigenvalue weighted by molar-refractivity contribution is 6.07. The molecule has 0 atom stereocenters. The van der Waals surface area contributed by atoms with Gasteiger partial charge in [0.05, 0.1) is 10.6 Å². The number of fused-ring (bicyclic) bond motifs is 1. The molecule has 1 aliphatic rings. The second-order valence-corrected chi connectivity index (χ2v) is 6.38. The van der Waals surface area contributed by atoms with Gasteiger partial charge >= 0.3 is 5.69 Å². The molecule has 0 fully saturated rings. The number of nitrogens with zero attached hydrogens (tertiary/aromatic N) is 3. The maximum absolute atomic E-state index is 13.1. The molecule has 0 saturated heterocycles. The number of nitro groups is 1. The number of amides is 1. The number of benzene rings is 2. The molecule has 0 unspecified atom stereocenters. The zero-order chi connectivity index (χ0) is 19.5. The summed E-state index contributed by atoms with van der Waals surface area (Å²) < 4.78 is 5.84.